The fourth-order valence-corrected chi connectivity index (χ4v) is 2.96. The smallest absolute Gasteiger partial charge is 0.328 e. The van der Waals surface area contributed by atoms with Crippen molar-refractivity contribution in [3.05, 3.63) is 17.3 Å². The van der Waals surface area contributed by atoms with Crippen LogP contribution in [-0.2, 0) is 14.3 Å². The van der Waals surface area contributed by atoms with Crippen LogP contribution in [0.1, 0.15) is 20.3 Å². The molecule has 2 heterocycles. The van der Waals surface area contributed by atoms with Crippen molar-refractivity contribution in [3.8, 4) is 0 Å². The summed E-state index contributed by atoms with van der Waals surface area (Å²) >= 11 is 7.10. The summed E-state index contributed by atoms with van der Waals surface area (Å²) in [6.45, 7) is 3.95. The number of amides is 1. The van der Waals surface area contributed by atoms with E-state index in [0.29, 0.717) is 27.8 Å². The van der Waals surface area contributed by atoms with Gasteiger partial charge in [0.1, 0.15) is 6.04 Å². The minimum absolute atomic E-state index is 0.124. The molecule has 1 amide bonds. The van der Waals surface area contributed by atoms with E-state index in [2.05, 4.69) is 20.3 Å². The predicted octanol–water partition coefficient (Wildman–Crippen LogP) is 2.41. The summed E-state index contributed by atoms with van der Waals surface area (Å²) in [7, 11) is 1.31. The van der Waals surface area contributed by atoms with Gasteiger partial charge >= 0.3 is 5.97 Å². The number of aromatic nitrogens is 3. The molecule has 0 saturated heterocycles. The average Bonchev–Trinajstić information content (AvgIpc) is 2.93. The van der Waals surface area contributed by atoms with Crippen LogP contribution in [0.3, 0.4) is 0 Å². The van der Waals surface area contributed by atoms with Crippen molar-refractivity contribution in [3.63, 3.8) is 0 Å². The first-order valence-electron chi connectivity index (χ1n) is 7.40. The van der Waals surface area contributed by atoms with Gasteiger partial charge in [-0.3, -0.25) is 4.79 Å². The van der Waals surface area contributed by atoms with Crippen LogP contribution >= 0.6 is 23.4 Å². The van der Waals surface area contributed by atoms with E-state index in [9.17, 15) is 9.59 Å². The van der Waals surface area contributed by atoms with Gasteiger partial charge in [0.2, 0.25) is 5.91 Å². The van der Waals surface area contributed by atoms with Gasteiger partial charge in [-0.1, -0.05) is 37.2 Å². The van der Waals surface area contributed by atoms with Gasteiger partial charge in [0.05, 0.1) is 23.4 Å². The van der Waals surface area contributed by atoms with E-state index < -0.39 is 12.0 Å². The molecular weight excluding hydrogens is 352 g/mol. The molecule has 0 fully saturated rings. The van der Waals surface area contributed by atoms with Gasteiger partial charge in [-0.05, 0) is 18.4 Å². The number of thioether (sulfide) groups is 1. The number of imidazole rings is 1. The minimum atomic E-state index is -0.640. The number of pyridine rings is 1. The van der Waals surface area contributed by atoms with Crippen molar-refractivity contribution < 1.29 is 14.3 Å². The maximum Gasteiger partial charge on any atom is 0.328 e. The van der Waals surface area contributed by atoms with E-state index in [0.717, 1.165) is 0 Å². The highest BCUT2D eigenvalue weighted by Gasteiger charge is 2.22. The number of hydrogen-bond acceptors (Lipinski definition) is 6. The van der Waals surface area contributed by atoms with Crippen molar-refractivity contribution in [2.75, 3.05) is 12.9 Å². The van der Waals surface area contributed by atoms with Crippen LogP contribution in [0.15, 0.2) is 17.4 Å². The van der Waals surface area contributed by atoms with E-state index in [1.54, 1.807) is 6.07 Å². The third-order valence-corrected chi connectivity index (χ3v) is 4.23. The fraction of sp³-hybridized carbons (Fsp3) is 0.467. The lowest BCUT2D eigenvalue weighted by Gasteiger charge is -2.18. The maximum absolute atomic E-state index is 12.1. The molecule has 0 aliphatic rings. The Labute approximate surface area is 148 Å². The van der Waals surface area contributed by atoms with Gasteiger partial charge in [-0.25, -0.2) is 14.8 Å². The second-order valence-corrected chi connectivity index (χ2v) is 7.03. The van der Waals surface area contributed by atoms with Gasteiger partial charge < -0.3 is 15.0 Å². The van der Waals surface area contributed by atoms with E-state index >= 15 is 0 Å². The summed E-state index contributed by atoms with van der Waals surface area (Å²) in [5.74, 6) is -0.320. The molecule has 2 N–H and O–H groups in total. The number of carbonyl (C=O) groups is 2. The number of fused-ring (bicyclic) bond motifs is 1. The molecule has 9 heteroatoms. The number of methoxy groups -OCH3 is 1. The van der Waals surface area contributed by atoms with Crippen LogP contribution in [0, 0.1) is 5.92 Å². The Morgan fingerprint density at radius 1 is 1.46 bits per heavy atom. The number of aromatic amines is 1. The van der Waals surface area contributed by atoms with Crippen molar-refractivity contribution >= 4 is 46.4 Å². The summed E-state index contributed by atoms with van der Waals surface area (Å²) < 4.78 is 4.73. The molecule has 1 atom stereocenters. The zero-order valence-corrected chi connectivity index (χ0v) is 15.2. The zero-order valence-electron chi connectivity index (χ0n) is 13.6. The number of halogens is 1. The summed E-state index contributed by atoms with van der Waals surface area (Å²) in [6, 6.07) is 1.08. The number of rotatable bonds is 7. The SMILES string of the molecule is COC(=O)[C@H](CC(C)C)NC(=O)CSc1nc2ncc(Cl)cc2[nH]1. The van der Waals surface area contributed by atoms with Crippen LogP contribution in [-0.4, -0.2) is 45.7 Å². The lowest BCUT2D eigenvalue weighted by atomic mass is 10.0. The van der Waals surface area contributed by atoms with Crippen LogP contribution in [0.4, 0.5) is 0 Å². The number of nitrogens with zero attached hydrogens (tertiary/aromatic N) is 2. The van der Waals surface area contributed by atoms with E-state index in [1.807, 2.05) is 13.8 Å². The van der Waals surface area contributed by atoms with Crippen molar-refractivity contribution in [2.45, 2.75) is 31.5 Å². The van der Waals surface area contributed by atoms with Gasteiger partial charge in [0, 0.05) is 6.20 Å². The molecule has 7 nitrogen and oxygen atoms in total. The van der Waals surface area contributed by atoms with Crippen molar-refractivity contribution in [2.24, 2.45) is 5.92 Å². The quantitative estimate of drug-likeness (QED) is 0.573. The van der Waals surface area contributed by atoms with E-state index in [1.165, 1.54) is 25.1 Å². The molecule has 2 aromatic rings. The third kappa shape index (κ3) is 5.10. The molecule has 0 aliphatic carbocycles. The van der Waals surface area contributed by atoms with Gasteiger partial charge in [0.15, 0.2) is 10.8 Å². The highest BCUT2D eigenvalue weighted by molar-refractivity contribution is 7.99. The molecule has 0 unspecified atom stereocenters. The molecule has 0 spiro atoms. The molecule has 24 heavy (non-hydrogen) atoms. The predicted molar refractivity (Wildman–Crippen MR) is 93.0 cm³/mol. The number of carbonyl (C=O) groups excluding carboxylic acids is 2. The highest BCUT2D eigenvalue weighted by Crippen LogP contribution is 2.20. The van der Waals surface area contributed by atoms with Crippen LogP contribution in [0.2, 0.25) is 5.02 Å². The largest absolute Gasteiger partial charge is 0.467 e. The number of hydrogen-bond donors (Lipinski definition) is 2. The summed E-state index contributed by atoms with van der Waals surface area (Å²) in [4.78, 5) is 35.2. The van der Waals surface area contributed by atoms with Crippen molar-refractivity contribution in [1.82, 2.24) is 20.3 Å². The second-order valence-electron chi connectivity index (χ2n) is 5.63. The molecule has 2 rings (SSSR count). The second kappa shape index (κ2) is 8.34. The molecule has 0 saturated carbocycles. The van der Waals surface area contributed by atoms with Crippen LogP contribution < -0.4 is 5.32 Å². The van der Waals surface area contributed by atoms with Gasteiger partial charge in [-0.2, -0.15) is 0 Å². The standard InChI is InChI=1S/C15H19ClN4O3S/c1-8(2)4-11(14(22)23-3)18-12(21)7-24-15-19-10-5-9(16)6-17-13(10)20-15/h5-6,8,11H,4,7H2,1-3H3,(H,18,21)(H,17,19,20)/t11-/m0/s1. The highest BCUT2D eigenvalue weighted by atomic mass is 35.5. The first kappa shape index (κ1) is 18.5. The lowest BCUT2D eigenvalue weighted by Crippen LogP contribution is -2.43. The van der Waals surface area contributed by atoms with E-state index in [-0.39, 0.29) is 17.6 Å². The van der Waals surface area contributed by atoms with E-state index in [4.69, 9.17) is 16.3 Å². The molecule has 0 bridgehead atoms. The van der Waals surface area contributed by atoms with Gasteiger partial charge in [-0.15, -0.1) is 0 Å². The molecule has 0 radical (unpaired) electrons. The van der Waals surface area contributed by atoms with Crippen LogP contribution in [0.5, 0.6) is 0 Å². The Balaban J connectivity index is 1.94. The Kier molecular flexibility index (Phi) is 6.44. The fourth-order valence-electron chi connectivity index (χ4n) is 2.12. The monoisotopic (exact) mass is 370 g/mol. The molecule has 2 aromatic heterocycles. The average molecular weight is 371 g/mol. The molecular formula is C15H19ClN4O3S. The van der Waals surface area contributed by atoms with Crippen LogP contribution in [0.25, 0.3) is 11.2 Å². The van der Waals surface area contributed by atoms with Crippen molar-refractivity contribution in [1.29, 1.82) is 0 Å². The summed E-state index contributed by atoms with van der Waals surface area (Å²) in [6.07, 6.45) is 2.04. The minimum Gasteiger partial charge on any atom is -0.467 e. The number of esters is 1. The molecule has 0 aliphatic heterocycles. The maximum atomic E-state index is 12.1. The number of nitrogens with one attached hydrogen (secondary N) is 2. The Bertz CT molecular complexity index is 735. The zero-order chi connectivity index (χ0) is 17.7. The third-order valence-electron chi connectivity index (χ3n) is 3.15. The number of H-pyrrole nitrogens is 1. The summed E-state index contributed by atoms with van der Waals surface area (Å²) in [5.41, 5.74) is 1.24. The topological polar surface area (TPSA) is 97.0 Å². The first-order chi connectivity index (χ1) is 11.4. The Morgan fingerprint density at radius 2 is 2.21 bits per heavy atom. The Morgan fingerprint density at radius 3 is 2.88 bits per heavy atom. The first-order valence-corrected chi connectivity index (χ1v) is 8.76. The lowest BCUT2D eigenvalue weighted by molar-refractivity contribution is -0.145. The Hall–Kier alpha value is -1.80. The normalized spacial score (nSPS) is 12.4. The molecule has 130 valence electrons. The molecule has 0 aromatic carbocycles. The number of ether oxygens (including phenoxy) is 1. The van der Waals surface area contributed by atoms with Gasteiger partial charge in [0.25, 0.3) is 0 Å². The summed E-state index contributed by atoms with van der Waals surface area (Å²) in [5, 5.41) is 3.77.